The van der Waals surface area contributed by atoms with Crippen molar-refractivity contribution in [3.63, 3.8) is 0 Å². The van der Waals surface area contributed by atoms with E-state index in [2.05, 4.69) is 0 Å². The number of hydrogen-bond acceptors (Lipinski definition) is 4. The number of nitrogens with zero attached hydrogens (tertiary/aromatic N) is 2. The van der Waals surface area contributed by atoms with E-state index in [1.807, 2.05) is 12.1 Å². The molecule has 0 aliphatic carbocycles. The summed E-state index contributed by atoms with van der Waals surface area (Å²) in [5, 5.41) is 33.5. The van der Waals surface area contributed by atoms with Gasteiger partial charge in [0.1, 0.15) is 16.9 Å². The average Bonchev–Trinajstić information content (AvgIpc) is 2.18. The number of benzene rings is 1. The van der Waals surface area contributed by atoms with Crippen LogP contribution in [-0.2, 0) is 0 Å². The number of phenols is 2. The molecule has 0 amide bonds. The van der Waals surface area contributed by atoms with Crippen LogP contribution < -0.4 is 0 Å². The van der Waals surface area contributed by atoms with Gasteiger partial charge < -0.3 is 10.2 Å². The standard InChI is InChI=1S/C6H6O2.C5H6N2/c7-5-2-1-3-6(8)4-5;1-5(2,3-6)4-7/h1-4,7-8H;1-2H3. The molecule has 0 aromatic heterocycles. The van der Waals surface area contributed by atoms with Gasteiger partial charge in [0.15, 0.2) is 0 Å². The number of rotatable bonds is 0. The number of phenolic OH excluding ortho intramolecular Hbond substituents is 2. The fourth-order valence-electron chi connectivity index (χ4n) is 0.518. The average molecular weight is 204 g/mol. The van der Waals surface area contributed by atoms with Crippen molar-refractivity contribution in [2.24, 2.45) is 5.41 Å². The lowest BCUT2D eigenvalue weighted by atomic mass is 9.99. The lowest BCUT2D eigenvalue weighted by Gasteiger charge is -1.97. The Balaban J connectivity index is 0.000000265. The van der Waals surface area contributed by atoms with E-state index in [1.54, 1.807) is 19.9 Å². The highest BCUT2D eigenvalue weighted by Gasteiger charge is 2.12. The SMILES string of the molecule is CC(C)(C#N)C#N.Oc1cccc(O)c1. The second-order valence-corrected chi connectivity index (χ2v) is 3.37. The van der Waals surface area contributed by atoms with E-state index >= 15 is 0 Å². The van der Waals surface area contributed by atoms with Crippen molar-refractivity contribution < 1.29 is 10.2 Å². The molecule has 0 saturated heterocycles. The Hall–Kier alpha value is -2.20. The Morgan fingerprint density at radius 1 is 1.07 bits per heavy atom. The molecule has 0 saturated carbocycles. The molecule has 78 valence electrons. The van der Waals surface area contributed by atoms with Crippen molar-refractivity contribution in [3.05, 3.63) is 24.3 Å². The predicted molar refractivity (Wildman–Crippen MR) is 54.8 cm³/mol. The van der Waals surface area contributed by atoms with Crippen LogP contribution in [0.4, 0.5) is 0 Å². The van der Waals surface area contributed by atoms with Gasteiger partial charge in [0.2, 0.25) is 0 Å². The zero-order chi connectivity index (χ0) is 11.9. The van der Waals surface area contributed by atoms with Gasteiger partial charge in [-0.15, -0.1) is 0 Å². The minimum atomic E-state index is -0.806. The Morgan fingerprint density at radius 2 is 1.47 bits per heavy atom. The molecule has 4 heteroatoms. The second kappa shape index (κ2) is 5.51. The quantitative estimate of drug-likeness (QED) is 0.677. The van der Waals surface area contributed by atoms with E-state index in [4.69, 9.17) is 20.7 Å². The van der Waals surface area contributed by atoms with Crippen molar-refractivity contribution in [2.75, 3.05) is 0 Å². The van der Waals surface area contributed by atoms with Gasteiger partial charge in [-0.25, -0.2) is 0 Å². The van der Waals surface area contributed by atoms with Crippen LogP contribution in [-0.4, -0.2) is 10.2 Å². The molecule has 1 aromatic rings. The summed E-state index contributed by atoms with van der Waals surface area (Å²) in [5.74, 6) is 0.176. The molecule has 0 aliphatic rings. The van der Waals surface area contributed by atoms with E-state index in [9.17, 15) is 0 Å². The summed E-state index contributed by atoms with van der Waals surface area (Å²) in [7, 11) is 0. The molecule has 0 atom stereocenters. The summed E-state index contributed by atoms with van der Waals surface area (Å²) in [6, 6.07) is 9.51. The highest BCUT2D eigenvalue weighted by molar-refractivity contribution is 5.30. The smallest absolute Gasteiger partial charge is 0.138 e. The fraction of sp³-hybridized carbons (Fsp3) is 0.273. The van der Waals surface area contributed by atoms with Gasteiger partial charge in [0.05, 0.1) is 12.1 Å². The normalized spacial score (nSPS) is 9.07. The van der Waals surface area contributed by atoms with Gasteiger partial charge in [0, 0.05) is 6.07 Å². The second-order valence-electron chi connectivity index (χ2n) is 3.37. The number of hydrogen-bond donors (Lipinski definition) is 2. The lowest BCUT2D eigenvalue weighted by Crippen LogP contribution is -2.01. The monoisotopic (exact) mass is 204 g/mol. The predicted octanol–water partition coefficient (Wildman–Crippen LogP) is 2.16. The van der Waals surface area contributed by atoms with Crippen LogP contribution in [0.25, 0.3) is 0 Å². The molecule has 2 N–H and O–H groups in total. The van der Waals surface area contributed by atoms with Crippen molar-refractivity contribution in [2.45, 2.75) is 13.8 Å². The maximum absolute atomic E-state index is 8.65. The van der Waals surface area contributed by atoms with Crippen LogP contribution in [0.1, 0.15) is 13.8 Å². The molecule has 4 nitrogen and oxygen atoms in total. The van der Waals surface area contributed by atoms with Crippen LogP contribution in [0, 0.1) is 28.1 Å². The topological polar surface area (TPSA) is 88.0 Å². The zero-order valence-electron chi connectivity index (χ0n) is 8.60. The Kier molecular flexibility index (Phi) is 4.70. The molecule has 0 spiro atoms. The molecule has 1 rings (SSSR count). The number of nitriles is 2. The van der Waals surface area contributed by atoms with E-state index in [1.165, 1.54) is 18.2 Å². The summed E-state index contributed by atoms with van der Waals surface area (Å²) in [4.78, 5) is 0. The van der Waals surface area contributed by atoms with Crippen LogP contribution >= 0.6 is 0 Å². The summed E-state index contributed by atoms with van der Waals surface area (Å²) in [6.45, 7) is 3.15. The maximum Gasteiger partial charge on any atom is 0.138 e. The summed E-state index contributed by atoms with van der Waals surface area (Å²) in [6.07, 6.45) is 0. The zero-order valence-corrected chi connectivity index (χ0v) is 8.60. The van der Waals surface area contributed by atoms with Gasteiger partial charge in [-0.3, -0.25) is 0 Å². The van der Waals surface area contributed by atoms with E-state index in [-0.39, 0.29) is 11.5 Å². The van der Waals surface area contributed by atoms with Crippen molar-refractivity contribution in [1.29, 1.82) is 10.5 Å². The highest BCUT2D eigenvalue weighted by Crippen LogP contribution is 2.14. The molecule has 1 aromatic carbocycles. The first-order valence-electron chi connectivity index (χ1n) is 4.22. The lowest BCUT2D eigenvalue weighted by molar-refractivity contribution is 0.450. The van der Waals surface area contributed by atoms with Gasteiger partial charge in [-0.05, 0) is 26.0 Å². The largest absolute Gasteiger partial charge is 0.508 e. The third-order valence-electron chi connectivity index (χ3n) is 1.39. The van der Waals surface area contributed by atoms with Gasteiger partial charge in [-0.2, -0.15) is 10.5 Å². The molecule has 0 aliphatic heterocycles. The number of aromatic hydroxyl groups is 2. The minimum absolute atomic E-state index is 0.0880. The molecule has 15 heavy (non-hydrogen) atoms. The third kappa shape index (κ3) is 5.95. The van der Waals surface area contributed by atoms with Gasteiger partial charge in [0.25, 0.3) is 0 Å². The summed E-state index contributed by atoms with van der Waals surface area (Å²) < 4.78 is 0. The Morgan fingerprint density at radius 3 is 1.60 bits per heavy atom. The Bertz CT molecular complexity index is 367. The summed E-state index contributed by atoms with van der Waals surface area (Å²) in [5.41, 5.74) is -0.806. The molecular weight excluding hydrogens is 192 g/mol. The van der Waals surface area contributed by atoms with Crippen molar-refractivity contribution >= 4 is 0 Å². The molecular formula is C11H12N2O2. The molecule has 0 radical (unpaired) electrons. The van der Waals surface area contributed by atoms with E-state index in [0.29, 0.717) is 0 Å². The van der Waals surface area contributed by atoms with Crippen molar-refractivity contribution in [3.8, 4) is 23.6 Å². The van der Waals surface area contributed by atoms with E-state index < -0.39 is 5.41 Å². The molecule has 0 bridgehead atoms. The maximum atomic E-state index is 8.65. The van der Waals surface area contributed by atoms with Crippen LogP contribution in [0.3, 0.4) is 0 Å². The first-order valence-corrected chi connectivity index (χ1v) is 4.22. The third-order valence-corrected chi connectivity index (χ3v) is 1.39. The molecule has 0 fully saturated rings. The minimum Gasteiger partial charge on any atom is -0.508 e. The highest BCUT2D eigenvalue weighted by atomic mass is 16.3. The van der Waals surface area contributed by atoms with Crippen LogP contribution in [0.2, 0.25) is 0 Å². The van der Waals surface area contributed by atoms with Crippen molar-refractivity contribution in [1.82, 2.24) is 0 Å². The van der Waals surface area contributed by atoms with Crippen LogP contribution in [0.15, 0.2) is 24.3 Å². The Labute approximate surface area is 88.6 Å². The summed E-state index contributed by atoms with van der Waals surface area (Å²) >= 11 is 0. The van der Waals surface area contributed by atoms with Gasteiger partial charge >= 0.3 is 0 Å². The van der Waals surface area contributed by atoms with E-state index in [0.717, 1.165) is 0 Å². The van der Waals surface area contributed by atoms with Crippen LogP contribution in [0.5, 0.6) is 11.5 Å². The fourth-order valence-corrected chi connectivity index (χ4v) is 0.518. The first kappa shape index (κ1) is 12.8. The molecule has 0 heterocycles. The molecule has 0 unspecified atom stereocenters. The van der Waals surface area contributed by atoms with Gasteiger partial charge in [-0.1, -0.05) is 6.07 Å². The first-order chi connectivity index (χ1) is 6.91.